The molecule has 1 aromatic heterocycles. The molecule has 7 heteroatoms. The van der Waals surface area contributed by atoms with Gasteiger partial charge in [-0.1, -0.05) is 28.1 Å². The summed E-state index contributed by atoms with van der Waals surface area (Å²) in [7, 11) is 0. The van der Waals surface area contributed by atoms with Crippen molar-refractivity contribution in [2.75, 3.05) is 10.6 Å². The summed E-state index contributed by atoms with van der Waals surface area (Å²) in [6.07, 6.45) is 1.51. The zero-order chi connectivity index (χ0) is 15.4. The van der Waals surface area contributed by atoms with E-state index in [1.807, 2.05) is 24.3 Å². The summed E-state index contributed by atoms with van der Waals surface area (Å²) in [5.41, 5.74) is 1.42. The van der Waals surface area contributed by atoms with Crippen molar-refractivity contribution in [1.29, 1.82) is 0 Å². The van der Waals surface area contributed by atoms with E-state index in [2.05, 4.69) is 41.7 Å². The zero-order valence-electron chi connectivity index (χ0n) is 11.3. The Balaban J connectivity index is 1.78. The molecule has 0 aliphatic carbocycles. The Morgan fingerprint density at radius 3 is 2.50 bits per heavy atom. The molecule has 0 amide bonds. The van der Waals surface area contributed by atoms with Crippen LogP contribution in [0.1, 0.15) is 0 Å². The lowest BCUT2D eigenvalue weighted by Gasteiger charge is -2.08. The number of hydrogen-bond donors (Lipinski definition) is 2. The molecule has 0 spiro atoms. The van der Waals surface area contributed by atoms with Gasteiger partial charge in [0, 0.05) is 15.8 Å². The molecule has 0 aliphatic heterocycles. The van der Waals surface area contributed by atoms with E-state index in [-0.39, 0.29) is 11.8 Å². The predicted octanol–water partition coefficient (Wildman–Crippen LogP) is 4.26. The van der Waals surface area contributed by atoms with Crippen molar-refractivity contribution >= 4 is 39.1 Å². The number of rotatable bonds is 4. The summed E-state index contributed by atoms with van der Waals surface area (Å²) in [5, 5.41) is 13.8. The third-order valence-electron chi connectivity index (χ3n) is 2.74. The van der Waals surface area contributed by atoms with Gasteiger partial charge in [0.15, 0.2) is 5.82 Å². The molecule has 0 radical (unpaired) electrons. The molecule has 2 N–H and O–H groups in total. The first kappa shape index (κ1) is 14.4. The Kier molecular flexibility index (Phi) is 4.24. The van der Waals surface area contributed by atoms with Crippen LogP contribution in [-0.4, -0.2) is 15.2 Å². The maximum Gasteiger partial charge on any atom is 0.249 e. The summed E-state index contributed by atoms with van der Waals surface area (Å²) < 4.78 is 14.1. The van der Waals surface area contributed by atoms with Gasteiger partial charge in [0.05, 0.1) is 6.20 Å². The molecule has 2 aromatic carbocycles. The topological polar surface area (TPSA) is 62.7 Å². The standard InChI is InChI=1S/C15H11BrFN5/c16-10-3-1-5-12(7-10)19-14-9-18-22-15(21-14)20-13-6-2-4-11(17)8-13/h1-9H,(H2,19,20,21,22). The Labute approximate surface area is 134 Å². The third kappa shape index (κ3) is 3.76. The van der Waals surface area contributed by atoms with Gasteiger partial charge in [0.2, 0.25) is 5.95 Å². The Morgan fingerprint density at radius 1 is 0.955 bits per heavy atom. The van der Waals surface area contributed by atoms with Crippen LogP contribution >= 0.6 is 15.9 Å². The van der Waals surface area contributed by atoms with E-state index < -0.39 is 0 Å². The summed E-state index contributed by atoms with van der Waals surface area (Å²) in [6.45, 7) is 0. The number of nitrogens with zero attached hydrogens (tertiary/aromatic N) is 3. The fraction of sp³-hybridized carbons (Fsp3) is 0. The third-order valence-corrected chi connectivity index (χ3v) is 3.23. The van der Waals surface area contributed by atoms with E-state index >= 15 is 0 Å². The highest BCUT2D eigenvalue weighted by Crippen LogP contribution is 2.20. The highest BCUT2D eigenvalue weighted by Gasteiger charge is 2.03. The molecule has 0 fully saturated rings. The largest absolute Gasteiger partial charge is 0.339 e. The molecule has 0 unspecified atom stereocenters. The molecule has 1 heterocycles. The highest BCUT2D eigenvalue weighted by atomic mass is 79.9. The molecular formula is C15H11BrFN5. The van der Waals surface area contributed by atoms with Crippen molar-refractivity contribution in [3.05, 3.63) is 65.0 Å². The smallest absolute Gasteiger partial charge is 0.249 e. The van der Waals surface area contributed by atoms with Crippen molar-refractivity contribution in [1.82, 2.24) is 15.2 Å². The lowest BCUT2D eigenvalue weighted by molar-refractivity contribution is 0.628. The number of benzene rings is 2. The van der Waals surface area contributed by atoms with Gasteiger partial charge in [-0.15, -0.1) is 5.10 Å². The van der Waals surface area contributed by atoms with E-state index in [1.165, 1.54) is 18.3 Å². The van der Waals surface area contributed by atoms with Gasteiger partial charge < -0.3 is 10.6 Å². The zero-order valence-corrected chi connectivity index (χ0v) is 12.9. The molecule has 0 aliphatic rings. The minimum Gasteiger partial charge on any atom is -0.339 e. The van der Waals surface area contributed by atoms with Crippen molar-refractivity contribution in [3.8, 4) is 0 Å². The Morgan fingerprint density at radius 2 is 1.73 bits per heavy atom. The summed E-state index contributed by atoms with van der Waals surface area (Å²) in [4.78, 5) is 4.29. The van der Waals surface area contributed by atoms with E-state index in [4.69, 9.17) is 0 Å². The normalized spacial score (nSPS) is 10.3. The van der Waals surface area contributed by atoms with Gasteiger partial charge in [-0.3, -0.25) is 0 Å². The first-order valence-corrected chi connectivity index (χ1v) is 7.23. The molecule has 22 heavy (non-hydrogen) atoms. The second kappa shape index (κ2) is 6.48. The average Bonchev–Trinajstić information content (AvgIpc) is 2.47. The lowest BCUT2D eigenvalue weighted by Crippen LogP contribution is -2.02. The number of nitrogens with one attached hydrogen (secondary N) is 2. The van der Waals surface area contributed by atoms with Crippen molar-refractivity contribution < 1.29 is 4.39 Å². The fourth-order valence-electron chi connectivity index (χ4n) is 1.83. The van der Waals surface area contributed by atoms with Gasteiger partial charge in [0.1, 0.15) is 5.82 Å². The van der Waals surface area contributed by atoms with Gasteiger partial charge in [0.25, 0.3) is 0 Å². The lowest BCUT2D eigenvalue weighted by atomic mass is 10.3. The Bertz CT molecular complexity index is 733. The maximum atomic E-state index is 13.2. The van der Waals surface area contributed by atoms with E-state index in [0.717, 1.165) is 10.2 Å². The monoisotopic (exact) mass is 359 g/mol. The molecule has 0 bridgehead atoms. The maximum absolute atomic E-state index is 13.2. The van der Waals surface area contributed by atoms with Crippen LogP contribution in [0.2, 0.25) is 0 Å². The van der Waals surface area contributed by atoms with E-state index in [1.54, 1.807) is 12.1 Å². The predicted molar refractivity (Wildman–Crippen MR) is 86.9 cm³/mol. The van der Waals surface area contributed by atoms with Gasteiger partial charge in [-0.25, -0.2) is 4.39 Å². The molecule has 110 valence electrons. The summed E-state index contributed by atoms with van der Waals surface area (Å²) in [6, 6.07) is 13.7. The quantitative estimate of drug-likeness (QED) is 0.728. The van der Waals surface area contributed by atoms with Crippen LogP contribution in [0.3, 0.4) is 0 Å². The first-order chi connectivity index (χ1) is 10.7. The Hall–Kier alpha value is -2.54. The summed E-state index contributed by atoms with van der Waals surface area (Å²) in [5.74, 6) is 0.485. The molecule has 0 saturated carbocycles. The van der Waals surface area contributed by atoms with E-state index in [9.17, 15) is 4.39 Å². The highest BCUT2D eigenvalue weighted by molar-refractivity contribution is 9.10. The van der Waals surface area contributed by atoms with Crippen LogP contribution in [0.5, 0.6) is 0 Å². The second-order valence-electron chi connectivity index (χ2n) is 4.44. The minimum atomic E-state index is -0.332. The van der Waals surface area contributed by atoms with Crippen molar-refractivity contribution in [2.24, 2.45) is 0 Å². The fourth-order valence-corrected chi connectivity index (χ4v) is 2.23. The molecule has 0 saturated heterocycles. The average molecular weight is 360 g/mol. The summed E-state index contributed by atoms with van der Waals surface area (Å²) >= 11 is 3.40. The molecule has 0 atom stereocenters. The number of aromatic nitrogens is 3. The number of hydrogen-bond acceptors (Lipinski definition) is 5. The minimum absolute atomic E-state index is 0.283. The van der Waals surface area contributed by atoms with Crippen LogP contribution in [0.4, 0.5) is 27.5 Å². The molecule has 3 rings (SSSR count). The molecule has 3 aromatic rings. The van der Waals surface area contributed by atoms with Crippen LogP contribution in [0.25, 0.3) is 0 Å². The van der Waals surface area contributed by atoms with Crippen LogP contribution in [0.15, 0.2) is 59.2 Å². The van der Waals surface area contributed by atoms with Crippen LogP contribution in [0, 0.1) is 5.82 Å². The SMILES string of the molecule is Fc1cccc(Nc2nncc(Nc3cccc(Br)c3)n2)c1. The molecular weight excluding hydrogens is 349 g/mol. The van der Waals surface area contributed by atoms with E-state index in [0.29, 0.717) is 11.5 Å². The van der Waals surface area contributed by atoms with Crippen LogP contribution < -0.4 is 10.6 Å². The van der Waals surface area contributed by atoms with Crippen molar-refractivity contribution in [3.63, 3.8) is 0 Å². The van der Waals surface area contributed by atoms with Gasteiger partial charge in [-0.05, 0) is 36.4 Å². The number of halogens is 2. The number of anilines is 4. The van der Waals surface area contributed by atoms with Gasteiger partial charge >= 0.3 is 0 Å². The molecule has 5 nitrogen and oxygen atoms in total. The van der Waals surface area contributed by atoms with Crippen LogP contribution in [-0.2, 0) is 0 Å². The first-order valence-electron chi connectivity index (χ1n) is 6.44. The van der Waals surface area contributed by atoms with Gasteiger partial charge in [-0.2, -0.15) is 10.1 Å². The second-order valence-corrected chi connectivity index (χ2v) is 5.35. The van der Waals surface area contributed by atoms with Crippen molar-refractivity contribution in [2.45, 2.75) is 0 Å².